The summed E-state index contributed by atoms with van der Waals surface area (Å²) in [7, 11) is 0. The third-order valence-electron chi connectivity index (χ3n) is 3.08. The van der Waals surface area contributed by atoms with E-state index in [2.05, 4.69) is 9.97 Å². The molecule has 1 aliphatic rings. The van der Waals surface area contributed by atoms with Crippen LogP contribution in [0.1, 0.15) is 20.1 Å². The second-order valence-electron chi connectivity index (χ2n) is 4.84. The van der Waals surface area contributed by atoms with Crippen LogP contribution >= 0.6 is 0 Å². The van der Waals surface area contributed by atoms with Gasteiger partial charge in [-0.2, -0.15) is 4.98 Å². The zero-order valence-corrected chi connectivity index (χ0v) is 12.4. The van der Waals surface area contributed by atoms with Gasteiger partial charge >= 0.3 is 17.6 Å². The van der Waals surface area contributed by atoms with Crippen LogP contribution in [0.15, 0.2) is 11.1 Å². The van der Waals surface area contributed by atoms with Crippen LogP contribution in [-0.2, 0) is 23.8 Å². The summed E-state index contributed by atoms with van der Waals surface area (Å²) in [6, 6.07) is 0. The molecule has 1 fully saturated rings. The van der Waals surface area contributed by atoms with Crippen molar-refractivity contribution in [1.29, 1.82) is 0 Å². The minimum Gasteiger partial charge on any atom is -0.463 e. The lowest BCUT2D eigenvalue weighted by atomic mass is 10.1. The molecule has 4 atom stereocenters. The maximum absolute atomic E-state index is 11.8. The molecule has 2 heterocycles. The number of carbonyl (C=O) groups is 2. The molecule has 0 aromatic carbocycles. The first-order valence-electron chi connectivity index (χ1n) is 6.64. The van der Waals surface area contributed by atoms with E-state index < -0.39 is 42.2 Å². The van der Waals surface area contributed by atoms with E-state index in [4.69, 9.17) is 19.9 Å². The second-order valence-corrected chi connectivity index (χ2v) is 4.84. The van der Waals surface area contributed by atoms with Gasteiger partial charge in [0, 0.05) is 13.8 Å². The Balaban J connectivity index is 2.26. The van der Waals surface area contributed by atoms with Gasteiger partial charge in [0.2, 0.25) is 5.95 Å². The van der Waals surface area contributed by atoms with Crippen LogP contribution in [0.3, 0.4) is 0 Å². The minimum atomic E-state index is -1.38. The average Bonchev–Trinajstić information content (AvgIpc) is 2.73. The van der Waals surface area contributed by atoms with E-state index in [0.717, 1.165) is 17.8 Å². The molecule has 2 rings (SSSR count). The number of nitrogen functional groups attached to an aromatic ring is 1. The Morgan fingerprint density at radius 3 is 2.70 bits per heavy atom. The summed E-state index contributed by atoms with van der Waals surface area (Å²) in [5, 5.41) is 10.3. The number of ether oxygens (including phenoxy) is 3. The standard InChI is InChI=1S/C12H16N4O7/c1-5(17)21-3-7-9(22-6(2)18)8(19)10(23-7)16-4-14-11(13)15-12(16)20/h4,7-10,19H,3H2,1-2H3,(H2,13,15,20)/t7-,8+,9-,10-/m1/s1. The highest BCUT2D eigenvalue weighted by molar-refractivity contribution is 5.66. The summed E-state index contributed by atoms with van der Waals surface area (Å²) in [5.41, 5.74) is 4.50. The van der Waals surface area contributed by atoms with Crippen LogP contribution in [0.5, 0.6) is 0 Å². The molecule has 11 heteroatoms. The molecule has 0 bridgehead atoms. The molecule has 1 aromatic rings. The Kier molecular flexibility index (Phi) is 4.91. The van der Waals surface area contributed by atoms with Crippen LogP contribution in [0.4, 0.5) is 5.95 Å². The molecule has 0 spiro atoms. The topological polar surface area (TPSA) is 156 Å². The van der Waals surface area contributed by atoms with Gasteiger partial charge in [0.25, 0.3) is 0 Å². The number of aliphatic hydroxyl groups is 1. The van der Waals surface area contributed by atoms with Crippen LogP contribution in [0.25, 0.3) is 0 Å². The number of carbonyl (C=O) groups excluding carboxylic acids is 2. The Labute approximate surface area is 130 Å². The maximum Gasteiger partial charge on any atom is 0.354 e. The van der Waals surface area contributed by atoms with Gasteiger partial charge in [0.15, 0.2) is 12.3 Å². The van der Waals surface area contributed by atoms with Crippen molar-refractivity contribution in [1.82, 2.24) is 14.5 Å². The minimum absolute atomic E-state index is 0.230. The molecule has 0 unspecified atom stereocenters. The van der Waals surface area contributed by atoms with Crippen molar-refractivity contribution in [3.8, 4) is 0 Å². The number of anilines is 1. The first-order valence-corrected chi connectivity index (χ1v) is 6.64. The molecule has 0 saturated carbocycles. The predicted molar refractivity (Wildman–Crippen MR) is 72.8 cm³/mol. The lowest BCUT2D eigenvalue weighted by molar-refractivity contribution is -0.157. The highest BCUT2D eigenvalue weighted by atomic mass is 16.6. The van der Waals surface area contributed by atoms with E-state index in [1.165, 1.54) is 6.92 Å². The molecule has 0 amide bonds. The Bertz CT molecular complexity index is 661. The van der Waals surface area contributed by atoms with Crippen molar-refractivity contribution in [3.63, 3.8) is 0 Å². The number of hydrogen-bond donors (Lipinski definition) is 2. The van der Waals surface area contributed by atoms with Crippen LogP contribution in [-0.4, -0.2) is 56.5 Å². The third-order valence-corrected chi connectivity index (χ3v) is 3.08. The number of nitrogens with zero attached hydrogens (tertiary/aromatic N) is 3. The highest BCUT2D eigenvalue weighted by Gasteiger charge is 2.47. The number of aliphatic hydroxyl groups excluding tert-OH is 1. The number of aromatic nitrogens is 3. The van der Waals surface area contributed by atoms with Crippen LogP contribution in [0, 0.1) is 0 Å². The zero-order chi connectivity index (χ0) is 17.1. The summed E-state index contributed by atoms with van der Waals surface area (Å²) in [6.07, 6.45) is -3.62. The Morgan fingerprint density at radius 1 is 1.43 bits per heavy atom. The maximum atomic E-state index is 11.8. The van der Waals surface area contributed by atoms with Gasteiger partial charge in [0.05, 0.1) is 0 Å². The fourth-order valence-electron chi connectivity index (χ4n) is 2.15. The van der Waals surface area contributed by atoms with Crippen LogP contribution in [0.2, 0.25) is 0 Å². The summed E-state index contributed by atoms with van der Waals surface area (Å²) in [6.45, 7) is 2.09. The van der Waals surface area contributed by atoms with E-state index in [1.807, 2.05) is 0 Å². The average molecular weight is 328 g/mol. The van der Waals surface area contributed by atoms with Gasteiger partial charge in [-0.25, -0.2) is 9.78 Å². The van der Waals surface area contributed by atoms with Gasteiger partial charge in [-0.05, 0) is 0 Å². The Morgan fingerprint density at radius 2 is 2.13 bits per heavy atom. The lowest BCUT2D eigenvalue weighted by Crippen LogP contribution is -2.39. The molecule has 1 aromatic heterocycles. The zero-order valence-electron chi connectivity index (χ0n) is 12.4. The van der Waals surface area contributed by atoms with Gasteiger partial charge in [-0.15, -0.1) is 0 Å². The molecule has 1 aliphatic heterocycles. The quantitative estimate of drug-likeness (QED) is 0.591. The van der Waals surface area contributed by atoms with E-state index in [9.17, 15) is 19.5 Å². The fraction of sp³-hybridized carbons (Fsp3) is 0.583. The van der Waals surface area contributed by atoms with Crippen molar-refractivity contribution < 1.29 is 28.9 Å². The molecule has 0 aliphatic carbocycles. The molecule has 3 N–H and O–H groups in total. The lowest BCUT2D eigenvalue weighted by Gasteiger charge is -2.19. The van der Waals surface area contributed by atoms with Gasteiger partial charge in [-0.1, -0.05) is 0 Å². The van der Waals surface area contributed by atoms with Crippen molar-refractivity contribution in [3.05, 3.63) is 16.8 Å². The van der Waals surface area contributed by atoms with Crippen molar-refractivity contribution in [2.45, 2.75) is 38.4 Å². The van der Waals surface area contributed by atoms with Gasteiger partial charge in [-0.3, -0.25) is 14.2 Å². The summed E-state index contributed by atoms with van der Waals surface area (Å²) in [4.78, 5) is 41.0. The van der Waals surface area contributed by atoms with E-state index >= 15 is 0 Å². The van der Waals surface area contributed by atoms with E-state index in [0.29, 0.717) is 0 Å². The van der Waals surface area contributed by atoms with E-state index in [-0.39, 0.29) is 12.6 Å². The monoisotopic (exact) mass is 328 g/mol. The summed E-state index contributed by atoms with van der Waals surface area (Å²) < 4.78 is 16.2. The predicted octanol–water partition coefficient (Wildman–Crippen LogP) is -2.03. The van der Waals surface area contributed by atoms with E-state index in [1.54, 1.807) is 0 Å². The van der Waals surface area contributed by atoms with Crippen molar-refractivity contribution >= 4 is 17.9 Å². The highest BCUT2D eigenvalue weighted by Crippen LogP contribution is 2.30. The summed E-state index contributed by atoms with van der Waals surface area (Å²) >= 11 is 0. The van der Waals surface area contributed by atoms with Crippen molar-refractivity contribution in [2.24, 2.45) is 0 Å². The SMILES string of the molecule is CC(=O)OC[C@H]1O[C@@H](n2cnc(N)nc2=O)[C@@H](O)[C@@H]1OC(C)=O. The van der Waals surface area contributed by atoms with Crippen molar-refractivity contribution in [2.75, 3.05) is 12.3 Å². The molecule has 11 nitrogen and oxygen atoms in total. The summed E-state index contributed by atoms with van der Waals surface area (Å²) in [5.74, 6) is -1.46. The molecular weight excluding hydrogens is 312 g/mol. The number of esters is 2. The number of nitrogens with two attached hydrogens (primary N) is 1. The number of hydrogen-bond acceptors (Lipinski definition) is 10. The van der Waals surface area contributed by atoms with Gasteiger partial charge in [0.1, 0.15) is 25.1 Å². The first-order chi connectivity index (χ1) is 10.8. The van der Waals surface area contributed by atoms with Gasteiger partial charge < -0.3 is 25.1 Å². The molecule has 23 heavy (non-hydrogen) atoms. The molecular formula is C12H16N4O7. The van der Waals surface area contributed by atoms with Crippen LogP contribution < -0.4 is 11.4 Å². The smallest absolute Gasteiger partial charge is 0.354 e. The first kappa shape index (κ1) is 16.8. The molecule has 126 valence electrons. The second kappa shape index (κ2) is 6.71. The molecule has 0 radical (unpaired) electrons. The Hall–Kier alpha value is -2.53. The molecule has 1 saturated heterocycles. The fourth-order valence-corrected chi connectivity index (χ4v) is 2.15. The third kappa shape index (κ3) is 3.81. The largest absolute Gasteiger partial charge is 0.463 e. The normalized spacial score (nSPS) is 26.7. The number of rotatable bonds is 4.